The number of carbonyl (C=O) groups excluding carboxylic acids is 2. The number of carbonyl (C=O) groups is 2. The molecule has 0 aromatic heterocycles. The molecule has 0 bridgehead atoms. The summed E-state index contributed by atoms with van der Waals surface area (Å²) in [4.78, 5) is 26.3. The van der Waals surface area contributed by atoms with Gasteiger partial charge in [0.15, 0.2) is 0 Å². The third-order valence-electron chi connectivity index (χ3n) is 4.63. The van der Waals surface area contributed by atoms with Gasteiger partial charge in [-0.15, -0.1) is 0 Å². The van der Waals surface area contributed by atoms with E-state index in [4.69, 9.17) is 0 Å². The van der Waals surface area contributed by atoms with Gasteiger partial charge >= 0.3 is 0 Å². The summed E-state index contributed by atoms with van der Waals surface area (Å²) in [6.45, 7) is 2.27. The van der Waals surface area contributed by atoms with Crippen molar-refractivity contribution >= 4 is 23.2 Å². The van der Waals surface area contributed by atoms with Crippen LogP contribution in [0.5, 0.6) is 0 Å². The van der Waals surface area contributed by atoms with Crippen molar-refractivity contribution in [3.63, 3.8) is 0 Å². The first-order valence-electron chi connectivity index (χ1n) is 9.35. The SMILES string of the molecule is O=C(Cc1cc(F)ccc1F)Nc1ccc(NC(=O)CN2CCCCC2)cc1. The third-order valence-corrected chi connectivity index (χ3v) is 4.63. The first-order valence-corrected chi connectivity index (χ1v) is 9.35. The second-order valence-corrected chi connectivity index (χ2v) is 6.92. The maximum Gasteiger partial charge on any atom is 0.238 e. The van der Waals surface area contributed by atoms with E-state index < -0.39 is 17.5 Å². The molecule has 2 amide bonds. The number of hydrogen-bond acceptors (Lipinski definition) is 3. The van der Waals surface area contributed by atoms with Gasteiger partial charge in [-0.2, -0.15) is 0 Å². The van der Waals surface area contributed by atoms with Crippen molar-refractivity contribution in [1.29, 1.82) is 0 Å². The summed E-state index contributed by atoms with van der Waals surface area (Å²) in [7, 11) is 0. The lowest BCUT2D eigenvalue weighted by Gasteiger charge is -2.25. The fourth-order valence-corrected chi connectivity index (χ4v) is 3.21. The Labute approximate surface area is 162 Å². The molecule has 0 saturated carbocycles. The average Bonchev–Trinajstić information content (AvgIpc) is 2.67. The molecular weight excluding hydrogens is 364 g/mol. The minimum Gasteiger partial charge on any atom is -0.326 e. The van der Waals surface area contributed by atoms with Crippen LogP contribution in [-0.4, -0.2) is 36.3 Å². The molecule has 5 nitrogen and oxygen atoms in total. The number of nitrogens with zero attached hydrogens (tertiary/aromatic N) is 1. The zero-order chi connectivity index (χ0) is 19.9. The van der Waals surface area contributed by atoms with Crippen LogP contribution in [0, 0.1) is 11.6 Å². The summed E-state index contributed by atoms with van der Waals surface area (Å²) in [5.41, 5.74) is 1.14. The number of anilines is 2. The van der Waals surface area contributed by atoms with Gasteiger partial charge in [0, 0.05) is 16.9 Å². The van der Waals surface area contributed by atoms with Gasteiger partial charge in [0.25, 0.3) is 0 Å². The zero-order valence-corrected chi connectivity index (χ0v) is 15.5. The molecule has 0 radical (unpaired) electrons. The van der Waals surface area contributed by atoms with Crippen LogP contribution in [0.1, 0.15) is 24.8 Å². The number of piperidine rings is 1. The molecule has 2 N–H and O–H groups in total. The Morgan fingerprint density at radius 3 is 2.11 bits per heavy atom. The Balaban J connectivity index is 1.50. The van der Waals surface area contributed by atoms with Crippen LogP contribution in [0.25, 0.3) is 0 Å². The van der Waals surface area contributed by atoms with E-state index in [0.717, 1.165) is 44.1 Å². The fraction of sp³-hybridized carbons (Fsp3) is 0.333. The predicted molar refractivity (Wildman–Crippen MR) is 104 cm³/mol. The van der Waals surface area contributed by atoms with Gasteiger partial charge in [-0.25, -0.2) is 8.78 Å². The highest BCUT2D eigenvalue weighted by Crippen LogP contribution is 2.16. The highest BCUT2D eigenvalue weighted by molar-refractivity contribution is 5.94. The van der Waals surface area contributed by atoms with Crippen molar-refractivity contribution < 1.29 is 18.4 Å². The fourth-order valence-electron chi connectivity index (χ4n) is 3.21. The summed E-state index contributed by atoms with van der Waals surface area (Å²) in [6, 6.07) is 9.69. The molecule has 1 fully saturated rings. The van der Waals surface area contributed by atoms with Gasteiger partial charge in [-0.3, -0.25) is 14.5 Å². The molecule has 1 heterocycles. The lowest BCUT2D eigenvalue weighted by molar-refractivity contribution is -0.117. The smallest absolute Gasteiger partial charge is 0.238 e. The van der Waals surface area contributed by atoms with E-state index in [9.17, 15) is 18.4 Å². The van der Waals surface area contributed by atoms with E-state index in [2.05, 4.69) is 15.5 Å². The van der Waals surface area contributed by atoms with Gasteiger partial charge in [0.05, 0.1) is 13.0 Å². The predicted octanol–water partition coefficient (Wildman–Crippen LogP) is 3.57. The number of nitrogens with one attached hydrogen (secondary N) is 2. The van der Waals surface area contributed by atoms with Crippen LogP contribution in [0.4, 0.5) is 20.2 Å². The second kappa shape index (κ2) is 9.41. The average molecular weight is 387 g/mol. The van der Waals surface area contributed by atoms with E-state index in [1.54, 1.807) is 24.3 Å². The van der Waals surface area contributed by atoms with Gasteiger partial charge in [-0.05, 0) is 68.4 Å². The van der Waals surface area contributed by atoms with Crippen LogP contribution >= 0.6 is 0 Å². The summed E-state index contributed by atoms with van der Waals surface area (Å²) >= 11 is 0. The first kappa shape index (κ1) is 19.9. The molecule has 1 aliphatic rings. The third kappa shape index (κ3) is 5.85. The molecule has 1 aliphatic heterocycles. The summed E-state index contributed by atoms with van der Waals surface area (Å²) in [5, 5.41) is 5.47. The van der Waals surface area contributed by atoms with Gasteiger partial charge in [-0.1, -0.05) is 6.42 Å². The number of hydrogen-bond donors (Lipinski definition) is 2. The highest BCUT2D eigenvalue weighted by Gasteiger charge is 2.14. The molecule has 0 atom stereocenters. The van der Waals surface area contributed by atoms with Crippen LogP contribution in [0.15, 0.2) is 42.5 Å². The largest absolute Gasteiger partial charge is 0.326 e. The van der Waals surface area contributed by atoms with E-state index >= 15 is 0 Å². The number of rotatable bonds is 6. The molecular formula is C21H23F2N3O2. The standard InChI is InChI=1S/C21H23F2N3O2/c22-16-4-9-19(23)15(12-16)13-20(27)24-17-5-7-18(8-6-17)25-21(28)14-26-10-2-1-3-11-26/h4-9,12H,1-3,10-11,13-14H2,(H,24,27)(H,25,28). The van der Waals surface area contributed by atoms with Crippen LogP contribution < -0.4 is 10.6 Å². The molecule has 7 heteroatoms. The van der Waals surface area contributed by atoms with Gasteiger partial charge in [0.1, 0.15) is 11.6 Å². The van der Waals surface area contributed by atoms with Crippen LogP contribution in [-0.2, 0) is 16.0 Å². The molecule has 28 heavy (non-hydrogen) atoms. The van der Waals surface area contributed by atoms with Crippen LogP contribution in [0.3, 0.4) is 0 Å². The van der Waals surface area contributed by atoms with Crippen LogP contribution in [0.2, 0.25) is 0 Å². The molecule has 2 aromatic rings. The minimum absolute atomic E-state index is 0.000837. The number of likely N-dealkylation sites (tertiary alicyclic amines) is 1. The maximum absolute atomic E-state index is 13.6. The number of halogens is 2. The lowest BCUT2D eigenvalue weighted by Crippen LogP contribution is -2.36. The van der Waals surface area contributed by atoms with Crippen molar-refractivity contribution in [1.82, 2.24) is 4.90 Å². The zero-order valence-electron chi connectivity index (χ0n) is 15.5. The van der Waals surface area contributed by atoms with E-state index in [1.165, 1.54) is 6.42 Å². The molecule has 0 spiro atoms. The monoisotopic (exact) mass is 387 g/mol. The topological polar surface area (TPSA) is 61.4 Å². The number of amides is 2. The normalized spacial score (nSPS) is 14.5. The Morgan fingerprint density at radius 2 is 1.46 bits per heavy atom. The molecule has 0 aliphatic carbocycles. The van der Waals surface area contributed by atoms with Gasteiger partial charge < -0.3 is 10.6 Å². The summed E-state index contributed by atoms with van der Waals surface area (Å²) < 4.78 is 26.8. The number of benzene rings is 2. The highest BCUT2D eigenvalue weighted by atomic mass is 19.1. The van der Waals surface area contributed by atoms with Crippen molar-refractivity contribution in [2.75, 3.05) is 30.3 Å². The molecule has 148 valence electrons. The second-order valence-electron chi connectivity index (χ2n) is 6.92. The van der Waals surface area contributed by atoms with E-state index in [1.807, 2.05) is 0 Å². The minimum atomic E-state index is -0.622. The van der Waals surface area contributed by atoms with Crippen molar-refractivity contribution in [2.24, 2.45) is 0 Å². The Morgan fingerprint density at radius 1 is 0.857 bits per heavy atom. The van der Waals surface area contributed by atoms with Crippen molar-refractivity contribution in [2.45, 2.75) is 25.7 Å². The maximum atomic E-state index is 13.6. The van der Waals surface area contributed by atoms with Crippen molar-refractivity contribution in [3.8, 4) is 0 Å². The van der Waals surface area contributed by atoms with Crippen molar-refractivity contribution in [3.05, 3.63) is 59.7 Å². The Bertz CT molecular complexity index is 834. The van der Waals surface area contributed by atoms with E-state index in [0.29, 0.717) is 17.9 Å². The summed E-state index contributed by atoms with van der Waals surface area (Å²) in [5.74, 6) is -1.73. The quantitative estimate of drug-likeness (QED) is 0.797. The van der Waals surface area contributed by atoms with E-state index in [-0.39, 0.29) is 17.9 Å². The molecule has 3 rings (SSSR count). The lowest BCUT2D eigenvalue weighted by atomic mass is 10.1. The molecule has 1 saturated heterocycles. The Hall–Kier alpha value is -2.80. The first-order chi connectivity index (χ1) is 13.5. The van der Waals surface area contributed by atoms with Gasteiger partial charge in [0.2, 0.25) is 11.8 Å². The molecule has 2 aromatic carbocycles. The summed E-state index contributed by atoms with van der Waals surface area (Å²) in [6.07, 6.45) is 3.21. The molecule has 0 unspecified atom stereocenters. The Kier molecular flexibility index (Phi) is 6.71.